The summed E-state index contributed by atoms with van der Waals surface area (Å²) in [6.07, 6.45) is 15.3. The summed E-state index contributed by atoms with van der Waals surface area (Å²) in [5, 5.41) is 9.40. The molecule has 0 amide bonds. The zero-order valence-corrected chi connectivity index (χ0v) is 23.1. The van der Waals surface area contributed by atoms with Gasteiger partial charge in [-0.3, -0.25) is 0 Å². The Bertz CT molecular complexity index is 1270. The Morgan fingerprint density at radius 3 is 1.95 bits per heavy atom. The molecule has 4 rings (SSSR count). The standard InChI is InChI=1S/C34H38F4O2/c1-2-3-4-5-6-7-8-9-22-10-12-23(13-11-22)24-14-16-25(17-15-24)27-18-19-28(34(39)40)32(37)31(27)26-20-29(35)33(38)30(36)21-26/h14-23H,2-13H2,1H3,(H,39,40). The van der Waals surface area contributed by atoms with Gasteiger partial charge in [0.05, 0.1) is 5.56 Å². The van der Waals surface area contributed by atoms with Crippen molar-refractivity contribution >= 4 is 5.97 Å². The van der Waals surface area contributed by atoms with Crippen molar-refractivity contribution < 1.29 is 27.5 Å². The highest BCUT2D eigenvalue weighted by molar-refractivity contribution is 5.94. The minimum Gasteiger partial charge on any atom is -0.478 e. The maximum absolute atomic E-state index is 15.4. The second-order valence-electron chi connectivity index (χ2n) is 11.2. The van der Waals surface area contributed by atoms with Crippen molar-refractivity contribution in [3.05, 3.63) is 82.9 Å². The van der Waals surface area contributed by atoms with Crippen LogP contribution in [0, 0.1) is 29.2 Å². The first kappa shape index (κ1) is 29.8. The van der Waals surface area contributed by atoms with Crippen LogP contribution in [0.5, 0.6) is 0 Å². The van der Waals surface area contributed by atoms with E-state index in [2.05, 4.69) is 6.92 Å². The van der Waals surface area contributed by atoms with Crippen molar-refractivity contribution in [1.82, 2.24) is 0 Å². The zero-order chi connectivity index (χ0) is 28.6. The summed E-state index contributed by atoms with van der Waals surface area (Å²) in [5.74, 6) is -6.00. The number of benzene rings is 3. The van der Waals surface area contributed by atoms with E-state index >= 15 is 4.39 Å². The average Bonchev–Trinajstić information content (AvgIpc) is 2.95. The number of halogens is 4. The van der Waals surface area contributed by atoms with Crippen molar-refractivity contribution in [2.75, 3.05) is 0 Å². The third kappa shape index (κ3) is 7.13. The Kier molecular flexibility index (Phi) is 10.4. The van der Waals surface area contributed by atoms with Gasteiger partial charge in [0, 0.05) is 5.56 Å². The summed E-state index contributed by atoms with van der Waals surface area (Å²) in [7, 11) is 0. The summed E-state index contributed by atoms with van der Waals surface area (Å²) in [4.78, 5) is 11.6. The lowest BCUT2D eigenvalue weighted by Crippen LogP contribution is -2.13. The van der Waals surface area contributed by atoms with Gasteiger partial charge in [-0.1, -0.05) is 88.6 Å². The second kappa shape index (κ2) is 14.0. The second-order valence-corrected chi connectivity index (χ2v) is 11.2. The number of carbonyl (C=O) groups is 1. The molecule has 6 heteroatoms. The molecule has 1 aliphatic carbocycles. The lowest BCUT2D eigenvalue weighted by Gasteiger charge is -2.29. The van der Waals surface area contributed by atoms with Crippen LogP contribution in [0.4, 0.5) is 17.6 Å². The largest absolute Gasteiger partial charge is 0.478 e. The van der Waals surface area contributed by atoms with Gasteiger partial charge in [0.25, 0.3) is 0 Å². The quantitative estimate of drug-likeness (QED) is 0.137. The summed E-state index contributed by atoms with van der Waals surface area (Å²) in [6.45, 7) is 2.24. The molecule has 0 spiro atoms. The van der Waals surface area contributed by atoms with Crippen LogP contribution >= 0.6 is 0 Å². The van der Waals surface area contributed by atoms with E-state index in [4.69, 9.17) is 0 Å². The van der Waals surface area contributed by atoms with E-state index in [-0.39, 0.29) is 16.7 Å². The smallest absolute Gasteiger partial charge is 0.338 e. The van der Waals surface area contributed by atoms with Gasteiger partial charge in [0.1, 0.15) is 5.82 Å². The summed E-state index contributed by atoms with van der Waals surface area (Å²) >= 11 is 0. The van der Waals surface area contributed by atoms with Crippen molar-refractivity contribution in [2.24, 2.45) is 5.92 Å². The average molecular weight is 555 g/mol. The monoisotopic (exact) mass is 554 g/mol. The molecule has 1 saturated carbocycles. The number of carboxylic acid groups (broad SMARTS) is 1. The highest BCUT2D eigenvalue weighted by atomic mass is 19.2. The molecule has 1 N–H and O–H groups in total. The van der Waals surface area contributed by atoms with Gasteiger partial charge in [0.2, 0.25) is 0 Å². The van der Waals surface area contributed by atoms with E-state index < -0.39 is 34.8 Å². The number of unbranched alkanes of at least 4 members (excludes halogenated alkanes) is 6. The van der Waals surface area contributed by atoms with Gasteiger partial charge < -0.3 is 5.11 Å². The van der Waals surface area contributed by atoms with E-state index in [1.165, 1.54) is 75.8 Å². The van der Waals surface area contributed by atoms with Gasteiger partial charge >= 0.3 is 5.97 Å². The Morgan fingerprint density at radius 2 is 1.35 bits per heavy atom. The summed E-state index contributed by atoms with van der Waals surface area (Å²) in [6, 6.07) is 11.6. The highest BCUT2D eigenvalue weighted by Crippen LogP contribution is 2.40. The van der Waals surface area contributed by atoms with Crippen LogP contribution in [0.3, 0.4) is 0 Å². The molecular formula is C34H38F4O2. The summed E-state index contributed by atoms with van der Waals surface area (Å²) < 4.78 is 57.0. The fraction of sp³-hybridized carbons (Fsp3) is 0.441. The van der Waals surface area contributed by atoms with Gasteiger partial charge in [-0.25, -0.2) is 22.4 Å². The van der Waals surface area contributed by atoms with Gasteiger partial charge in [-0.15, -0.1) is 0 Å². The molecule has 0 atom stereocenters. The number of hydrogen-bond donors (Lipinski definition) is 1. The first-order valence-corrected chi connectivity index (χ1v) is 14.6. The van der Waals surface area contributed by atoms with Crippen LogP contribution in [0.1, 0.15) is 106 Å². The lowest BCUT2D eigenvalue weighted by molar-refractivity contribution is 0.0692. The number of hydrogen-bond acceptors (Lipinski definition) is 1. The van der Waals surface area contributed by atoms with E-state index in [0.29, 0.717) is 23.6 Å². The van der Waals surface area contributed by atoms with Crippen LogP contribution in [0.2, 0.25) is 0 Å². The molecule has 0 heterocycles. The number of carboxylic acids is 1. The molecule has 0 aliphatic heterocycles. The molecular weight excluding hydrogens is 516 g/mol. The van der Waals surface area contributed by atoms with Crippen LogP contribution in [0.15, 0.2) is 48.5 Å². The van der Waals surface area contributed by atoms with Crippen molar-refractivity contribution in [3.8, 4) is 22.3 Å². The minimum atomic E-state index is -1.67. The minimum absolute atomic E-state index is 0.268. The van der Waals surface area contributed by atoms with E-state index in [1.807, 2.05) is 24.3 Å². The molecule has 0 unspecified atom stereocenters. The maximum atomic E-state index is 15.4. The van der Waals surface area contributed by atoms with Crippen LogP contribution in [0.25, 0.3) is 22.3 Å². The predicted molar refractivity (Wildman–Crippen MR) is 151 cm³/mol. The number of aromatic carboxylic acids is 1. The normalized spacial score (nSPS) is 17.2. The van der Waals surface area contributed by atoms with Crippen molar-refractivity contribution in [2.45, 2.75) is 89.9 Å². The van der Waals surface area contributed by atoms with E-state index in [1.54, 1.807) is 0 Å². The molecule has 0 aromatic heterocycles. The number of rotatable bonds is 12. The molecule has 0 radical (unpaired) electrons. The van der Waals surface area contributed by atoms with Crippen molar-refractivity contribution in [1.29, 1.82) is 0 Å². The molecule has 3 aromatic rings. The molecule has 3 aromatic carbocycles. The summed E-state index contributed by atoms with van der Waals surface area (Å²) in [5.41, 5.74) is 0.867. The molecule has 1 fully saturated rings. The van der Waals surface area contributed by atoms with Gasteiger partial charge in [0.15, 0.2) is 17.5 Å². The first-order chi connectivity index (χ1) is 19.3. The Balaban J connectivity index is 1.46. The first-order valence-electron chi connectivity index (χ1n) is 14.6. The Morgan fingerprint density at radius 1 is 0.750 bits per heavy atom. The fourth-order valence-corrected chi connectivity index (χ4v) is 6.07. The lowest BCUT2D eigenvalue weighted by atomic mass is 9.77. The molecule has 0 saturated heterocycles. The van der Waals surface area contributed by atoms with Gasteiger partial charge in [-0.05, 0) is 78.0 Å². The van der Waals surface area contributed by atoms with Crippen LogP contribution < -0.4 is 0 Å². The maximum Gasteiger partial charge on any atom is 0.338 e. The molecule has 40 heavy (non-hydrogen) atoms. The van der Waals surface area contributed by atoms with Gasteiger partial charge in [-0.2, -0.15) is 0 Å². The molecule has 2 nitrogen and oxygen atoms in total. The third-order valence-electron chi connectivity index (χ3n) is 8.40. The highest BCUT2D eigenvalue weighted by Gasteiger charge is 2.24. The SMILES string of the molecule is CCCCCCCCCC1CCC(c2ccc(-c3ccc(C(=O)O)c(F)c3-c3cc(F)c(F)c(F)c3)cc2)CC1. The zero-order valence-electron chi connectivity index (χ0n) is 23.1. The Hall–Kier alpha value is -3.15. The molecule has 1 aliphatic rings. The van der Waals surface area contributed by atoms with Crippen LogP contribution in [-0.2, 0) is 0 Å². The van der Waals surface area contributed by atoms with E-state index in [9.17, 15) is 23.1 Å². The Labute approximate surface area is 234 Å². The third-order valence-corrected chi connectivity index (χ3v) is 8.40. The molecule has 0 bridgehead atoms. The van der Waals surface area contributed by atoms with Crippen LogP contribution in [-0.4, -0.2) is 11.1 Å². The predicted octanol–water partition coefficient (Wildman–Crippen LogP) is 10.7. The topological polar surface area (TPSA) is 37.3 Å². The van der Waals surface area contributed by atoms with Crippen molar-refractivity contribution in [3.63, 3.8) is 0 Å². The molecule has 214 valence electrons. The fourth-order valence-electron chi connectivity index (χ4n) is 6.07. The van der Waals surface area contributed by atoms with E-state index in [0.717, 1.165) is 24.8 Å².